The van der Waals surface area contributed by atoms with Crippen molar-refractivity contribution in [2.45, 2.75) is 51.4 Å². The van der Waals surface area contributed by atoms with Gasteiger partial charge < -0.3 is 15.1 Å². The molecule has 1 N–H and O–H groups in total. The Balaban J connectivity index is 1.19. The van der Waals surface area contributed by atoms with Crippen LogP contribution in [-0.2, 0) is 9.59 Å². The number of rotatable bonds is 7. The van der Waals surface area contributed by atoms with Crippen molar-refractivity contribution < 1.29 is 9.59 Å². The Bertz CT molecular complexity index is 908. The Kier molecular flexibility index (Phi) is 7.51. The van der Waals surface area contributed by atoms with Crippen LogP contribution in [-0.4, -0.2) is 59.4 Å². The number of hydrogen-bond donors (Lipinski definition) is 1. The van der Waals surface area contributed by atoms with Gasteiger partial charge in [-0.2, -0.15) is 0 Å². The average molecular weight is 442 g/mol. The van der Waals surface area contributed by atoms with Crippen LogP contribution in [0, 0.1) is 0 Å². The Labute approximate surface area is 187 Å². The summed E-state index contributed by atoms with van der Waals surface area (Å²) in [7, 11) is 0. The lowest BCUT2D eigenvalue weighted by atomic mass is 9.97. The van der Waals surface area contributed by atoms with Crippen LogP contribution in [0.4, 0.5) is 5.13 Å². The second kappa shape index (κ2) is 10.7. The van der Waals surface area contributed by atoms with Crippen LogP contribution >= 0.6 is 11.3 Å². The molecule has 0 radical (unpaired) electrons. The van der Waals surface area contributed by atoms with E-state index < -0.39 is 0 Å². The first-order valence-corrected chi connectivity index (χ1v) is 12.2. The quantitative estimate of drug-likeness (QED) is 0.665. The number of aromatic nitrogens is 2. The number of amides is 2. The van der Waals surface area contributed by atoms with Crippen molar-refractivity contribution in [2.24, 2.45) is 0 Å². The molecule has 31 heavy (non-hydrogen) atoms. The molecule has 1 aliphatic heterocycles. The summed E-state index contributed by atoms with van der Waals surface area (Å²) in [6, 6.07) is 3.88. The Hall–Kier alpha value is -2.48. The van der Waals surface area contributed by atoms with Gasteiger partial charge in [0.2, 0.25) is 11.8 Å². The van der Waals surface area contributed by atoms with Crippen LogP contribution in [0.1, 0.15) is 51.4 Å². The monoisotopic (exact) mass is 441 g/mol. The highest BCUT2D eigenvalue weighted by Gasteiger charge is 2.21. The highest BCUT2D eigenvalue weighted by atomic mass is 32.1. The Morgan fingerprint density at radius 1 is 1.10 bits per heavy atom. The molecular weight excluding hydrogens is 410 g/mol. The molecule has 1 saturated heterocycles. The van der Waals surface area contributed by atoms with E-state index in [1.54, 1.807) is 17.5 Å². The molecular formula is C23H31N5O2S. The molecule has 2 aliphatic rings. The zero-order valence-electron chi connectivity index (χ0n) is 18.0. The van der Waals surface area contributed by atoms with Crippen LogP contribution < -0.4 is 10.2 Å². The molecule has 4 rings (SSSR count). The lowest BCUT2D eigenvalue weighted by molar-refractivity contribution is -0.133. The summed E-state index contributed by atoms with van der Waals surface area (Å²) >= 11 is 1.60. The number of pyridine rings is 1. The van der Waals surface area contributed by atoms with Crippen molar-refractivity contribution in [3.63, 3.8) is 0 Å². The van der Waals surface area contributed by atoms with Gasteiger partial charge in [-0.1, -0.05) is 23.0 Å². The number of hydrogen-bond acceptors (Lipinski definition) is 6. The summed E-state index contributed by atoms with van der Waals surface area (Å²) in [4.78, 5) is 38.9. The first-order valence-electron chi connectivity index (χ1n) is 11.4. The summed E-state index contributed by atoms with van der Waals surface area (Å²) in [6.07, 6.45) is 11.3. The van der Waals surface area contributed by atoms with Gasteiger partial charge in [-0.25, -0.2) is 9.97 Å². The number of anilines is 1. The molecule has 166 valence electrons. The molecule has 3 heterocycles. The summed E-state index contributed by atoms with van der Waals surface area (Å²) in [5.74, 6) is 0.0427. The van der Waals surface area contributed by atoms with Gasteiger partial charge in [0.15, 0.2) is 5.13 Å². The molecule has 1 fully saturated rings. The number of nitrogens with zero attached hydrogens (tertiary/aromatic N) is 4. The number of carbonyl (C=O) groups is 2. The predicted octanol–water partition coefficient (Wildman–Crippen LogP) is 3.52. The predicted molar refractivity (Wildman–Crippen MR) is 124 cm³/mol. The second-order valence-electron chi connectivity index (χ2n) is 8.25. The van der Waals surface area contributed by atoms with E-state index in [2.05, 4.69) is 21.3 Å². The normalized spacial score (nSPS) is 17.4. The standard InChI is InChI=1S/C23H31N5O2S/c29-20(24-13-11-18-6-2-1-3-7-18)9-10-21(30)27-14-5-15-28(17-16-27)23-26-19-8-4-12-25-22(19)31-23/h4,6,8,12H,1-3,5,7,9-11,13-17H2,(H,24,29). The van der Waals surface area contributed by atoms with E-state index in [0.29, 0.717) is 13.1 Å². The van der Waals surface area contributed by atoms with E-state index in [1.165, 1.54) is 24.8 Å². The molecule has 1 aliphatic carbocycles. The number of carbonyl (C=O) groups excluding carboxylic acids is 2. The van der Waals surface area contributed by atoms with Gasteiger partial charge in [0.05, 0.1) is 0 Å². The summed E-state index contributed by atoms with van der Waals surface area (Å²) in [5.41, 5.74) is 2.38. The molecule has 0 unspecified atom stereocenters. The fourth-order valence-corrected chi connectivity index (χ4v) is 5.17. The maximum atomic E-state index is 12.7. The summed E-state index contributed by atoms with van der Waals surface area (Å²) < 4.78 is 0. The van der Waals surface area contributed by atoms with Gasteiger partial charge in [-0.05, 0) is 50.7 Å². The summed E-state index contributed by atoms with van der Waals surface area (Å²) in [6.45, 7) is 3.70. The van der Waals surface area contributed by atoms with E-state index in [-0.39, 0.29) is 24.7 Å². The van der Waals surface area contributed by atoms with Crippen molar-refractivity contribution in [3.8, 4) is 0 Å². The van der Waals surface area contributed by atoms with E-state index >= 15 is 0 Å². The molecule has 0 spiro atoms. The van der Waals surface area contributed by atoms with Gasteiger partial charge in [-0.3, -0.25) is 9.59 Å². The molecule has 0 bridgehead atoms. The third kappa shape index (κ3) is 6.03. The summed E-state index contributed by atoms with van der Waals surface area (Å²) in [5, 5.41) is 3.94. The Morgan fingerprint density at radius 3 is 2.87 bits per heavy atom. The van der Waals surface area contributed by atoms with Crippen LogP contribution in [0.5, 0.6) is 0 Å². The number of allylic oxidation sites excluding steroid dienone is 1. The first kappa shape index (κ1) is 21.7. The SMILES string of the molecule is O=C(CCC(=O)N1CCCN(c2nc3cccnc3s2)CC1)NCCC1=CCCCC1. The number of fused-ring (bicyclic) bond motifs is 1. The average Bonchev–Trinajstić information content (AvgIpc) is 3.07. The maximum Gasteiger partial charge on any atom is 0.223 e. The van der Waals surface area contributed by atoms with Crippen molar-refractivity contribution in [3.05, 3.63) is 30.0 Å². The van der Waals surface area contributed by atoms with Gasteiger partial charge in [0.1, 0.15) is 10.3 Å². The van der Waals surface area contributed by atoms with Crippen LogP contribution in [0.25, 0.3) is 10.3 Å². The van der Waals surface area contributed by atoms with E-state index in [9.17, 15) is 9.59 Å². The highest BCUT2D eigenvalue weighted by molar-refractivity contribution is 7.21. The molecule has 2 aromatic rings. The second-order valence-corrected chi connectivity index (χ2v) is 9.21. The van der Waals surface area contributed by atoms with Crippen LogP contribution in [0.15, 0.2) is 30.0 Å². The molecule has 0 aromatic carbocycles. The lowest BCUT2D eigenvalue weighted by Gasteiger charge is -2.21. The van der Waals surface area contributed by atoms with Gasteiger partial charge in [-0.15, -0.1) is 0 Å². The van der Waals surface area contributed by atoms with Crippen molar-refractivity contribution in [2.75, 3.05) is 37.6 Å². The zero-order chi connectivity index (χ0) is 21.5. The molecule has 0 atom stereocenters. The third-order valence-electron chi connectivity index (χ3n) is 5.99. The molecule has 2 amide bonds. The fraction of sp³-hybridized carbons (Fsp3) is 0.565. The van der Waals surface area contributed by atoms with Crippen molar-refractivity contribution in [1.82, 2.24) is 20.2 Å². The van der Waals surface area contributed by atoms with E-state index in [0.717, 1.165) is 54.4 Å². The smallest absolute Gasteiger partial charge is 0.223 e. The Morgan fingerprint density at radius 2 is 2.03 bits per heavy atom. The minimum atomic E-state index is -0.0248. The van der Waals surface area contributed by atoms with Crippen LogP contribution in [0.3, 0.4) is 0 Å². The van der Waals surface area contributed by atoms with Crippen molar-refractivity contribution in [1.29, 1.82) is 0 Å². The minimum absolute atomic E-state index is 0.0248. The zero-order valence-corrected chi connectivity index (χ0v) is 18.8. The van der Waals surface area contributed by atoms with E-state index in [4.69, 9.17) is 4.98 Å². The maximum absolute atomic E-state index is 12.7. The van der Waals surface area contributed by atoms with Gasteiger partial charge in [0.25, 0.3) is 0 Å². The number of nitrogens with one attached hydrogen (secondary N) is 1. The molecule has 0 saturated carbocycles. The number of thiazole rings is 1. The van der Waals surface area contributed by atoms with Gasteiger partial charge in [0, 0.05) is 51.8 Å². The minimum Gasteiger partial charge on any atom is -0.356 e. The molecule has 2 aromatic heterocycles. The largest absolute Gasteiger partial charge is 0.356 e. The van der Waals surface area contributed by atoms with E-state index in [1.807, 2.05) is 17.0 Å². The molecule has 8 heteroatoms. The lowest BCUT2D eigenvalue weighted by Crippen LogP contribution is -2.36. The van der Waals surface area contributed by atoms with Crippen LogP contribution in [0.2, 0.25) is 0 Å². The topological polar surface area (TPSA) is 78.4 Å². The fourth-order valence-electron chi connectivity index (χ4n) is 4.21. The first-order chi connectivity index (χ1) is 15.2. The highest BCUT2D eigenvalue weighted by Crippen LogP contribution is 2.27. The molecule has 7 nitrogen and oxygen atoms in total. The third-order valence-corrected chi connectivity index (χ3v) is 7.03. The van der Waals surface area contributed by atoms with Crippen molar-refractivity contribution >= 4 is 38.6 Å². The van der Waals surface area contributed by atoms with Gasteiger partial charge >= 0.3 is 0 Å².